The third kappa shape index (κ3) is 8.52. The van der Waals surface area contributed by atoms with E-state index in [1.165, 1.54) is 7.11 Å². The van der Waals surface area contributed by atoms with Gasteiger partial charge in [-0.25, -0.2) is 8.42 Å². The lowest BCUT2D eigenvalue weighted by atomic mass is 9.77. The van der Waals surface area contributed by atoms with Gasteiger partial charge in [-0.15, -0.1) is 0 Å². The van der Waals surface area contributed by atoms with E-state index in [1.54, 1.807) is 30.2 Å². The number of likely N-dealkylation sites (tertiary alicyclic amines) is 1. The van der Waals surface area contributed by atoms with Crippen molar-refractivity contribution in [3.63, 3.8) is 0 Å². The summed E-state index contributed by atoms with van der Waals surface area (Å²) in [6.07, 6.45) is 8.45. The van der Waals surface area contributed by atoms with E-state index in [9.17, 15) is 23.1 Å². The lowest BCUT2D eigenvalue weighted by Crippen LogP contribution is -2.73. The summed E-state index contributed by atoms with van der Waals surface area (Å²) in [5.41, 5.74) is -1.39. The molecule has 1 aromatic carbocycles. The van der Waals surface area contributed by atoms with Crippen LogP contribution in [0.2, 0.25) is 0 Å². The second-order valence-electron chi connectivity index (χ2n) is 12.2. The van der Waals surface area contributed by atoms with E-state index in [0.29, 0.717) is 75.7 Å². The number of carbonyl (C=O) groups is 2. The van der Waals surface area contributed by atoms with Gasteiger partial charge < -0.3 is 34.4 Å². The Hall–Kier alpha value is -2.61. The number of hydrogen-bond donors (Lipinski definition) is 3. The number of carbonyl (C=O) groups excluding carboxylic acids is 2. The Labute approximate surface area is 255 Å². The van der Waals surface area contributed by atoms with Gasteiger partial charge in [-0.1, -0.05) is 19.3 Å². The average molecular weight is 625 g/mol. The van der Waals surface area contributed by atoms with Gasteiger partial charge in [0.25, 0.3) is 0 Å². The number of anilines is 1. The number of amides is 2. The number of hydrogen-bond acceptors (Lipinski definition) is 9. The zero-order valence-corrected chi connectivity index (χ0v) is 26.5. The van der Waals surface area contributed by atoms with E-state index in [1.807, 2.05) is 0 Å². The van der Waals surface area contributed by atoms with Crippen molar-refractivity contribution < 1.29 is 37.3 Å². The number of rotatable bonds is 14. The quantitative estimate of drug-likeness (QED) is 0.265. The zero-order chi connectivity index (χ0) is 31.1. The van der Waals surface area contributed by atoms with E-state index in [4.69, 9.17) is 14.2 Å². The number of piperazine rings is 1. The molecule has 1 aliphatic carbocycles. The predicted molar refractivity (Wildman–Crippen MR) is 163 cm³/mol. The highest BCUT2D eigenvalue weighted by Crippen LogP contribution is 2.37. The Bertz CT molecular complexity index is 1210. The van der Waals surface area contributed by atoms with Gasteiger partial charge in [0.15, 0.2) is 11.5 Å². The van der Waals surface area contributed by atoms with Crippen LogP contribution in [0.25, 0.3) is 0 Å². The smallest absolute Gasteiger partial charge is 0.246 e. The summed E-state index contributed by atoms with van der Waals surface area (Å²) in [5, 5.41) is 14.1. The molecule has 242 valence electrons. The van der Waals surface area contributed by atoms with E-state index < -0.39 is 27.2 Å². The summed E-state index contributed by atoms with van der Waals surface area (Å²) in [4.78, 5) is 31.4. The van der Waals surface area contributed by atoms with E-state index >= 15 is 0 Å². The molecular weight excluding hydrogens is 576 g/mol. The largest absolute Gasteiger partial charge is 0.493 e. The van der Waals surface area contributed by atoms with Crippen molar-refractivity contribution in [2.24, 2.45) is 0 Å². The first-order chi connectivity index (χ1) is 20.5. The second kappa shape index (κ2) is 14.4. The summed E-state index contributed by atoms with van der Waals surface area (Å²) < 4.78 is 42.0. The lowest BCUT2D eigenvalue weighted by molar-refractivity contribution is -0.164. The molecule has 2 saturated heterocycles. The molecule has 13 heteroatoms. The summed E-state index contributed by atoms with van der Waals surface area (Å²) in [7, 11) is -0.290. The monoisotopic (exact) mass is 624 g/mol. The number of ether oxygens (including phenoxy) is 3. The molecule has 12 nitrogen and oxygen atoms in total. The topological polar surface area (TPSA) is 147 Å². The summed E-state index contributed by atoms with van der Waals surface area (Å²) in [6.45, 7) is 3.41. The van der Waals surface area contributed by atoms with Crippen LogP contribution in [0.1, 0.15) is 64.2 Å². The minimum atomic E-state index is -3.39. The zero-order valence-electron chi connectivity index (χ0n) is 25.7. The molecule has 4 rings (SSSR count). The summed E-state index contributed by atoms with van der Waals surface area (Å²) in [6, 6.07) is 4.19. The first-order valence-corrected chi connectivity index (χ1v) is 17.2. The van der Waals surface area contributed by atoms with Crippen molar-refractivity contribution in [1.29, 1.82) is 0 Å². The molecule has 3 fully saturated rings. The van der Waals surface area contributed by atoms with Gasteiger partial charge in [0.05, 0.1) is 37.9 Å². The van der Waals surface area contributed by atoms with Gasteiger partial charge in [-0.2, -0.15) is 0 Å². The Kier molecular flexibility index (Phi) is 11.2. The molecule has 1 atom stereocenters. The van der Waals surface area contributed by atoms with Crippen LogP contribution >= 0.6 is 0 Å². The van der Waals surface area contributed by atoms with Gasteiger partial charge in [-0.3, -0.25) is 14.3 Å². The van der Waals surface area contributed by atoms with E-state index in [2.05, 4.69) is 14.9 Å². The minimum absolute atomic E-state index is 0.114. The Balaban J connectivity index is 1.27. The van der Waals surface area contributed by atoms with E-state index in [0.717, 1.165) is 44.9 Å². The molecule has 1 saturated carbocycles. The highest BCUT2D eigenvalue weighted by molar-refractivity contribution is 7.92. The van der Waals surface area contributed by atoms with Gasteiger partial charge in [-0.05, 0) is 57.2 Å². The summed E-state index contributed by atoms with van der Waals surface area (Å²) in [5.74, 6) is 0.757. The van der Waals surface area contributed by atoms with Crippen LogP contribution in [0.15, 0.2) is 18.2 Å². The number of piperidine rings is 1. The Morgan fingerprint density at radius 2 is 1.72 bits per heavy atom. The number of sulfonamides is 1. The molecule has 0 aromatic heterocycles. The maximum absolute atomic E-state index is 13.7. The number of methoxy groups -OCH3 is 2. The van der Waals surface area contributed by atoms with E-state index in [-0.39, 0.29) is 18.2 Å². The maximum atomic E-state index is 13.7. The minimum Gasteiger partial charge on any atom is -0.493 e. The number of benzene rings is 1. The molecule has 2 aliphatic heterocycles. The van der Waals surface area contributed by atoms with Crippen molar-refractivity contribution in [3.05, 3.63) is 18.2 Å². The van der Waals surface area contributed by atoms with Crippen LogP contribution < -0.4 is 19.5 Å². The SMILES string of the molecule is COCCN1C(=O)[C@@H](CC2(O)CCCCC2)NC(=O)C12CCN(CCCCOc1ccc(NS(C)(=O)=O)cc1OC)CC2. The normalized spacial score (nSPS) is 22.3. The maximum Gasteiger partial charge on any atom is 0.246 e. The molecule has 0 radical (unpaired) electrons. The van der Waals surface area contributed by atoms with Crippen LogP contribution in [0.3, 0.4) is 0 Å². The van der Waals surface area contributed by atoms with Gasteiger partial charge in [0, 0.05) is 39.2 Å². The Morgan fingerprint density at radius 3 is 2.37 bits per heavy atom. The average Bonchev–Trinajstić information content (AvgIpc) is 2.96. The van der Waals surface area contributed by atoms with Crippen molar-refractivity contribution in [3.8, 4) is 11.5 Å². The van der Waals surface area contributed by atoms with Crippen LogP contribution in [-0.4, -0.2) is 112 Å². The molecule has 0 unspecified atom stereocenters. The fourth-order valence-corrected chi connectivity index (χ4v) is 7.20. The van der Waals surface area contributed by atoms with Gasteiger partial charge in [0.2, 0.25) is 21.8 Å². The molecule has 1 spiro atoms. The highest BCUT2D eigenvalue weighted by Gasteiger charge is 2.54. The molecule has 2 amide bonds. The fraction of sp³-hybridized carbons (Fsp3) is 0.733. The molecule has 2 heterocycles. The summed E-state index contributed by atoms with van der Waals surface area (Å²) >= 11 is 0. The third-order valence-corrected chi connectivity index (χ3v) is 9.58. The van der Waals surface area contributed by atoms with Gasteiger partial charge >= 0.3 is 0 Å². The number of nitrogens with zero attached hydrogens (tertiary/aromatic N) is 2. The molecule has 1 aromatic rings. The standard InChI is InChI=1S/C30H48N4O8S/c1-40-20-18-34-27(35)24(22-29(37)11-5-4-6-12-29)31-28(36)30(34)13-16-33(17-14-30)15-7-8-19-42-25-10-9-23(21-26(25)41-2)32-43(3,38)39/h9-10,21,24,32,37H,4-8,11-20,22H2,1-3H3,(H,31,36)/t24-/m1/s1. The van der Waals surface area contributed by atoms with Crippen LogP contribution in [0.5, 0.6) is 11.5 Å². The van der Waals surface area contributed by atoms with Crippen LogP contribution in [0, 0.1) is 0 Å². The van der Waals surface area contributed by atoms with Crippen LogP contribution in [-0.2, 0) is 24.3 Å². The fourth-order valence-electron chi connectivity index (χ4n) is 6.64. The number of unbranched alkanes of at least 4 members (excludes halogenated alkanes) is 1. The highest BCUT2D eigenvalue weighted by atomic mass is 32.2. The number of nitrogens with one attached hydrogen (secondary N) is 2. The molecule has 0 bridgehead atoms. The third-order valence-electron chi connectivity index (χ3n) is 8.97. The van der Waals surface area contributed by atoms with Crippen molar-refractivity contribution in [2.45, 2.75) is 81.4 Å². The first-order valence-electron chi connectivity index (χ1n) is 15.3. The van der Waals surface area contributed by atoms with Crippen molar-refractivity contribution >= 4 is 27.5 Å². The van der Waals surface area contributed by atoms with Crippen molar-refractivity contribution in [2.75, 3.05) is 64.6 Å². The Morgan fingerprint density at radius 1 is 1.00 bits per heavy atom. The predicted octanol–water partition coefficient (Wildman–Crippen LogP) is 2.12. The van der Waals surface area contributed by atoms with Gasteiger partial charge in [0.1, 0.15) is 11.6 Å². The second-order valence-corrected chi connectivity index (χ2v) is 13.9. The lowest BCUT2D eigenvalue weighted by Gasteiger charge is -2.52. The molecule has 43 heavy (non-hydrogen) atoms. The molecular formula is C30H48N4O8S. The molecule has 3 aliphatic rings. The van der Waals surface area contributed by atoms with Crippen LogP contribution in [0.4, 0.5) is 5.69 Å². The first kappa shape index (κ1) is 33.3. The molecule has 3 N–H and O–H groups in total. The number of aliphatic hydroxyl groups is 1. The van der Waals surface area contributed by atoms with Crippen molar-refractivity contribution in [1.82, 2.24) is 15.1 Å².